The summed E-state index contributed by atoms with van der Waals surface area (Å²) in [6, 6.07) is 12.8. The molecule has 0 radical (unpaired) electrons. The van der Waals surface area contributed by atoms with Crippen LogP contribution in [0, 0.1) is 0 Å². The minimum atomic E-state index is -1.41. The van der Waals surface area contributed by atoms with E-state index in [4.69, 9.17) is 9.47 Å². The average Bonchev–Trinajstić information content (AvgIpc) is 3.07. The number of hydrogen-bond acceptors (Lipinski definition) is 4. The molecule has 0 unspecified atom stereocenters. The van der Waals surface area contributed by atoms with E-state index in [2.05, 4.69) is 4.98 Å². The van der Waals surface area contributed by atoms with Gasteiger partial charge in [0.25, 0.3) is 0 Å². The zero-order valence-electron chi connectivity index (χ0n) is 10.4. The molecule has 2 aliphatic rings. The van der Waals surface area contributed by atoms with Crippen LogP contribution in [0.3, 0.4) is 0 Å². The molecule has 3 heterocycles. The summed E-state index contributed by atoms with van der Waals surface area (Å²) in [7, 11) is 0. The van der Waals surface area contributed by atoms with E-state index < -0.39 is 5.79 Å². The Labute approximate surface area is 115 Å². The average molecular weight is 266 g/mol. The van der Waals surface area contributed by atoms with Gasteiger partial charge in [0, 0.05) is 6.20 Å². The maximum Gasteiger partial charge on any atom is 0.362 e. The molecule has 5 nitrogen and oxygen atoms in total. The number of fused-ring (bicyclic) bond motifs is 2. The van der Waals surface area contributed by atoms with Gasteiger partial charge in [-0.25, -0.2) is 4.98 Å². The van der Waals surface area contributed by atoms with Crippen molar-refractivity contribution in [3.8, 4) is 0 Å². The Kier molecular flexibility index (Phi) is 2.12. The molecular weight excluding hydrogens is 256 g/mol. The van der Waals surface area contributed by atoms with Gasteiger partial charge in [0.15, 0.2) is 0 Å². The molecule has 2 aliphatic heterocycles. The topological polar surface area (TPSA) is 51.7 Å². The van der Waals surface area contributed by atoms with Crippen molar-refractivity contribution in [2.45, 2.75) is 5.79 Å². The van der Waals surface area contributed by atoms with Crippen LogP contribution in [0.5, 0.6) is 0 Å². The fraction of sp³-hybridized carbons (Fsp3) is 0.0667. The summed E-state index contributed by atoms with van der Waals surface area (Å²) in [5, 5.41) is 0. The summed E-state index contributed by atoms with van der Waals surface area (Å²) in [5.74, 6) is -1.17. The standard InChI is InChI=1S/C15H10N2O3/c18-14-15(19-9-10-20-15)11-5-1-2-6-12(11)17(14)13-7-3-4-8-16-13/h1-10H. The van der Waals surface area contributed by atoms with Gasteiger partial charge in [0.2, 0.25) is 0 Å². The van der Waals surface area contributed by atoms with E-state index in [1.165, 1.54) is 17.4 Å². The minimum absolute atomic E-state index is 0.303. The van der Waals surface area contributed by atoms with Crippen LogP contribution in [0.1, 0.15) is 5.56 Å². The lowest BCUT2D eigenvalue weighted by Gasteiger charge is -2.21. The molecule has 0 fully saturated rings. The molecule has 1 amide bonds. The second-order valence-corrected chi connectivity index (χ2v) is 4.47. The fourth-order valence-corrected chi connectivity index (χ4v) is 2.53. The Balaban J connectivity index is 1.93. The monoisotopic (exact) mass is 266 g/mol. The number of para-hydroxylation sites is 1. The van der Waals surface area contributed by atoms with Crippen molar-refractivity contribution in [2.75, 3.05) is 4.90 Å². The number of amides is 1. The molecule has 0 N–H and O–H groups in total. The normalized spacial score (nSPS) is 18.0. The van der Waals surface area contributed by atoms with Crippen LogP contribution in [0.2, 0.25) is 0 Å². The lowest BCUT2D eigenvalue weighted by atomic mass is 10.1. The second-order valence-electron chi connectivity index (χ2n) is 4.47. The maximum atomic E-state index is 12.8. The van der Waals surface area contributed by atoms with Crippen molar-refractivity contribution in [1.29, 1.82) is 0 Å². The van der Waals surface area contributed by atoms with Crippen LogP contribution in [0.4, 0.5) is 11.5 Å². The van der Waals surface area contributed by atoms with Crippen molar-refractivity contribution in [1.82, 2.24) is 4.98 Å². The van der Waals surface area contributed by atoms with Crippen molar-refractivity contribution in [2.24, 2.45) is 0 Å². The highest BCUT2D eigenvalue weighted by atomic mass is 16.7. The zero-order valence-corrected chi connectivity index (χ0v) is 10.4. The molecule has 0 saturated heterocycles. The SMILES string of the molecule is O=C1N(c2ccccn2)c2ccccc2C12OC=CO2. The van der Waals surface area contributed by atoms with E-state index in [0.29, 0.717) is 11.4 Å². The van der Waals surface area contributed by atoms with Crippen LogP contribution >= 0.6 is 0 Å². The number of carbonyl (C=O) groups is 1. The Morgan fingerprint density at radius 3 is 2.50 bits per heavy atom. The third-order valence-electron chi connectivity index (χ3n) is 3.39. The Hall–Kier alpha value is -2.82. The van der Waals surface area contributed by atoms with Crippen molar-refractivity contribution < 1.29 is 14.3 Å². The van der Waals surface area contributed by atoms with Crippen LogP contribution in [0.25, 0.3) is 0 Å². The van der Waals surface area contributed by atoms with E-state index >= 15 is 0 Å². The Bertz CT molecular complexity index is 704. The summed E-state index contributed by atoms with van der Waals surface area (Å²) < 4.78 is 10.9. The number of benzene rings is 1. The minimum Gasteiger partial charge on any atom is -0.445 e. The molecule has 5 heteroatoms. The molecule has 1 aromatic heterocycles. The summed E-state index contributed by atoms with van der Waals surface area (Å²) in [6.45, 7) is 0. The van der Waals surface area contributed by atoms with Crippen molar-refractivity contribution in [3.63, 3.8) is 0 Å². The van der Waals surface area contributed by atoms with Gasteiger partial charge in [-0.3, -0.25) is 9.69 Å². The van der Waals surface area contributed by atoms with Gasteiger partial charge in [0.1, 0.15) is 18.3 Å². The third-order valence-corrected chi connectivity index (χ3v) is 3.39. The number of pyridine rings is 1. The van der Waals surface area contributed by atoms with Gasteiger partial charge in [-0.15, -0.1) is 0 Å². The molecular formula is C15H10N2O3. The van der Waals surface area contributed by atoms with Gasteiger partial charge in [0.05, 0.1) is 11.3 Å². The Morgan fingerprint density at radius 1 is 1.00 bits per heavy atom. The summed E-state index contributed by atoms with van der Waals surface area (Å²) in [4.78, 5) is 18.5. The third kappa shape index (κ3) is 1.26. The first-order chi connectivity index (χ1) is 9.83. The predicted octanol–water partition coefficient (Wildman–Crippen LogP) is 2.43. The van der Waals surface area contributed by atoms with Crippen LogP contribution in [0.15, 0.2) is 61.2 Å². The van der Waals surface area contributed by atoms with Crippen molar-refractivity contribution in [3.05, 3.63) is 66.7 Å². The first-order valence-electron chi connectivity index (χ1n) is 6.19. The molecule has 0 bridgehead atoms. The smallest absolute Gasteiger partial charge is 0.362 e. The number of anilines is 2. The van der Waals surface area contributed by atoms with Gasteiger partial charge < -0.3 is 9.47 Å². The van der Waals surface area contributed by atoms with Crippen molar-refractivity contribution >= 4 is 17.4 Å². The molecule has 98 valence electrons. The summed E-state index contributed by atoms with van der Waals surface area (Å²) >= 11 is 0. The fourth-order valence-electron chi connectivity index (χ4n) is 2.53. The van der Waals surface area contributed by atoms with E-state index in [9.17, 15) is 4.79 Å². The molecule has 0 saturated carbocycles. The second kappa shape index (κ2) is 3.84. The number of rotatable bonds is 1. The molecule has 2 aromatic rings. The van der Waals surface area contributed by atoms with E-state index in [1.807, 2.05) is 30.3 Å². The molecule has 1 aromatic carbocycles. The van der Waals surface area contributed by atoms with Crippen LogP contribution < -0.4 is 4.90 Å². The van der Waals surface area contributed by atoms with Gasteiger partial charge in [-0.1, -0.05) is 18.2 Å². The number of hydrogen-bond donors (Lipinski definition) is 0. The largest absolute Gasteiger partial charge is 0.445 e. The highest BCUT2D eigenvalue weighted by Gasteiger charge is 2.57. The first-order valence-corrected chi connectivity index (χ1v) is 6.19. The Morgan fingerprint density at radius 2 is 1.75 bits per heavy atom. The zero-order chi connectivity index (χ0) is 13.6. The molecule has 1 spiro atoms. The van der Waals surface area contributed by atoms with E-state index in [1.54, 1.807) is 18.3 Å². The van der Waals surface area contributed by atoms with E-state index in [0.717, 1.165) is 5.69 Å². The number of aromatic nitrogens is 1. The van der Waals surface area contributed by atoms with Crippen LogP contribution in [-0.2, 0) is 20.1 Å². The maximum absolute atomic E-state index is 12.8. The highest BCUT2D eigenvalue weighted by molar-refractivity contribution is 6.10. The van der Waals surface area contributed by atoms with Crippen LogP contribution in [-0.4, -0.2) is 10.9 Å². The molecule has 4 rings (SSSR count). The lowest BCUT2D eigenvalue weighted by molar-refractivity contribution is -0.173. The number of carbonyl (C=O) groups excluding carboxylic acids is 1. The molecule has 20 heavy (non-hydrogen) atoms. The van der Waals surface area contributed by atoms with Gasteiger partial charge in [-0.2, -0.15) is 0 Å². The van der Waals surface area contributed by atoms with Gasteiger partial charge >= 0.3 is 11.7 Å². The highest BCUT2D eigenvalue weighted by Crippen LogP contribution is 2.48. The lowest BCUT2D eigenvalue weighted by Crippen LogP contribution is -2.39. The molecule has 0 aliphatic carbocycles. The number of ether oxygens (including phenoxy) is 2. The first kappa shape index (κ1) is 11.0. The number of nitrogens with zero attached hydrogens (tertiary/aromatic N) is 2. The molecule has 0 atom stereocenters. The quantitative estimate of drug-likeness (QED) is 0.795. The van der Waals surface area contributed by atoms with Gasteiger partial charge in [-0.05, 0) is 24.3 Å². The summed E-state index contributed by atoms with van der Waals surface area (Å²) in [5.41, 5.74) is 1.40. The predicted molar refractivity (Wildman–Crippen MR) is 70.8 cm³/mol. The summed E-state index contributed by atoms with van der Waals surface area (Å²) in [6.07, 6.45) is 4.41. The van der Waals surface area contributed by atoms with E-state index in [-0.39, 0.29) is 5.91 Å².